The molecule has 1 N–H and O–H groups in total. The predicted molar refractivity (Wildman–Crippen MR) is 173 cm³/mol. The summed E-state index contributed by atoms with van der Waals surface area (Å²) in [5.74, 6) is 0.167. The van der Waals surface area contributed by atoms with Crippen molar-refractivity contribution in [3.63, 3.8) is 0 Å². The molecule has 1 aliphatic heterocycles. The molecule has 2 heterocycles. The number of hydrogen-bond donors (Lipinski definition) is 1. The molecule has 45 heavy (non-hydrogen) atoms. The van der Waals surface area contributed by atoms with Crippen LogP contribution in [0.15, 0.2) is 71.8 Å². The molecule has 5 rings (SSSR count). The van der Waals surface area contributed by atoms with Gasteiger partial charge < -0.3 is 19.5 Å². The maximum Gasteiger partial charge on any atom is 0.324 e. The molecule has 1 aliphatic rings. The van der Waals surface area contributed by atoms with Crippen LogP contribution < -0.4 is 14.4 Å². The first-order valence-electron chi connectivity index (χ1n) is 15.2. The number of benzene rings is 3. The van der Waals surface area contributed by atoms with Gasteiger partial charge in [0, 0.05) is 43.0 Å². The highest BCUT2D eigenvalue weighted by Gasteiger charge is 2.30. The van der Waals surface area contributed by atoms with Crippen LogP contribution in [0.25, 0.3) is 10.9 Å². The number of carboxylic acids is 1. The zero-order chi connectivity index (χ0) is 32.1. The number of unbranched alkanes of at least 4 members (excludes halogenated alkanes) is 2. The average Bonchev–Trinajstić information content (AvgIpc) is 3.38. The minimum atomic E-state index is -4.01. The van der Waals surface area contributed by atoms with Gasteiger partial charge in [-0.1, -0.05) is 49.6 Å². The van der Waals surface area contributed by atoms with E-state index < -0.39 is 16.0 Å². The highest BCUT2D eigenvalue weighted by Crippen LogP contribution is 2.34. The molecule has 3 aromatic carbocycles. The Hall–Kier alpha value is -4.51. The number of methoxy groups -OCH3 is 1. The van der Waals surface area contributed by atoms with Gasteiger partial charge in [-0.3, -0.25) is 9.69 Å². The third kappa shape index (κ3) is 6.93. The van der Waals surface area contributed by atoms with E-state index in [0.29, 0.717) is 65.3 Å². The van der Waals surface area contributed by atoms with Crippen molar-refractivity contribution in [1.29, 1.82) is 0 Å². The van der Waals surface area contributed by atoms with Gasteiger partial charge in [-0.15, -0.1) is 0 Å². The highest BCUT2D eigenvalue weighted by molar-refractivity contribution is 7.90. The molecule has 0 bridgehead atoms. The molecule has 0 radical (unpaired) electrons. The Morgan fingerprint density at radius 1 is 0.978 bits per heavy atom. The SMILES string of the molecule is CCCCCOc1cc(N2CCCN(Cc3cn(S(=O)(=O)c4ccc(C)cc4)c4cc(CC(=O)O)ccc34)C2=O)ccc1OC. The summed E-state index contributed by atoms with van der Waals surface area (Å²) in [6.45, 7) is 5.77. The van der Waals surface area contributed by atoms with Crippen molar-refractivity contribution in [2.45, 2.75) is 57.4 Å². The summed E-state index contributed by atoms with van der Waals surface area (Å²) in [6.07, 6.45) is 5.09. The van der Waals surface area contributed by atoms with Gasteiger partial charge in [0.15, 0.2) is 11.5 Å². The number of hydrogen-bond acceptors (Lipinski definition) is 6. The number of urea groups is 1. The summed E-state index contributed by atoms with van der Waals surface area (Å²) in [5, 5.41) is 10.00. The molecule has 0 saturated carbocycles. The number of aliphatic carboxylic acids is 1. The summed E-state index contributed by atoms with van der Waals surface area (Å²) in [4.78, 5) is 28.8. The van der Waals surface area contributed by atoms with Crippen molar-refractivity contribution in [3.8, 4) is 11.5 Å². The number of nitrogens with zero attached hydrogens (tertiary/aromatic N) is 3. The normalized spacial score (nSPS) is 13.8. The minimum Gasteiger partial charge on any atom is -0.493 e. The van der Waals surface area contributed by atoms with Gasteiger partial charge in [0.25, 0.3) is 10.0 Å². The lowest BCUT2D eigenvalue weighted by atomic mass is 10.1. The lowest BCUT2D eigenvalue weighted by Gasteiger charge is -2.35. The Balaban J connectivity index is 1.47. The van der Waals surface area contributed by atoms with Crippen LogP contribution in [-0.2, 0) is 27.8 Å². The highest BCUT2D eigenvalue weighted by atomic mass is 32.2. The van der Waals surface area contributed by atoms with E-state index in [2.05, 4.69) is 6.92 Å². The molecule has 238 valence electrons. The fourth-order valence-electron chi connectivity index (χ4n) is 5.60. The van der Waals surface area contributed by atoms with E-state index in [0.717, 1.165) is 24.8 Å². The summed E-state index contributed by atoms with van der Waals surface area (Å²) in [7, 11) is -2.42. The Kier molecular flexibility index (Phi) is 9.67. The Morgan fingerprint density at radius 3 is 2.47 bits per heavy atom. The molecule has 0 unspecified atom stereocenters. The van der Waals surface area contributed by atoms with E-state index in [-0.39, 0.29) is 23.9 Å². The Bertz CT molecular complexity index is 1800. The van der Waals surface area contributed by atoms with Crippen LogP contribution in [0.1, 0.15) is 49.3 Å². The molecule has 2 amide bonds. The van der Waals surface area contributed by atoms with Crippen LogP contribution in [0.5, 0.6) is 11.5 Å². The number of aromatic nitrogens is 1. The monoisotopic (exact) mass is 633 g/mol. The van der Waals surface area contributed by atoms with Crippen molar-refractivity contribution in [3.05, 3.63) is 83.6 Å². The number of anilines is 1. The number of amides is 2. The fourth-order valence-corrected chi connectivity index (χ4v) is 6.98. The van der Waals surface area contributed by atoms with Crippen LogP contribution in [0, 0.1) is 6.92 Å². The molecule has 1 fully saturated rings. The number of rotatable bonds is 13. The van der Waals surface area contributed by atoms with E-state index in [1.165, 1.54) is 3.97 Å². The Labute approximate surface area is 263 Å². The van der Waals surface area contributed by atoms with E-state index in [1.54, 1.807) is 71.6 Å². The van der Waals surface area contributed by atoms with Crippen molar-refractivity contribution in [1.82, 2.24) is 8.87 Å². The molecular weight excluding hydrogens is 594 g/mol. The second kappa shape index (κ2) is 13.6. The van der Waals surface area contributed by atoms with Crippen molar-refractivity contribution in [2.75, 3.05) is 31.7 Å². The third-order valence-corrected chi connectivity index (χ3v) is 9.68. The molecular formula is C34H39N3O7S. The van der Waals surface area contributed by atoms with Gasteiger partial charge in [-0.05, 0) is 61.2 Å². The van der Waals surface area contributed by atoms with Crippen LogP contribution in [0.3, 0.4) is 0 Å². The second-order valence-corrected chi connectivity index (χ2v) is 13.1. The summed E-state index contributed by atoms with van der Waals surface area (Å²) in [6, 6.07) is 16.9. The van der Waals surface area contributed by atoms with Gasteiger partial charge in [-0.25, -0.2) is 17.2 Å². The summed E-state index contributed by atoms with van der Waals surface area (Å²) < 4.78 is 40.4. The topological polar surface area (TPSA) is 118 Å². The van der Waals surface area contributed by atoms with Crippen LogP contribution in [-0.4, -0.2) is 61.2 Å². The van der Waals surface area contributed by atoms with E-state index >= 15 is 0 Å². The molecule has 4 aromatic rings. The summed E-state index contributed by atoms with van der Waals surface area (Å²) >= 11 is 0. The first-order chi connectivity index (χ1) is 21.6. The minimum absolute atomic E-state index is 0.118. The number of carbonyl (C=O) groups excluding carboxylic acids is 1. The first-order valence-corrected chi connectivity index (χ1v) is 16.6. The number of aryl methyl sites for hydroxylation is 1. The zero-order valence-corrected chi connectivity index (χ0v) is 26.7. The number of carbonyl (C=O) groups is 2. The van der Waals surface area contributed by atoms with Gasteiger partial charge in [-0.2, -0.15) is 0 Å². The summed E-state index contributed by atoms with van der Waals surface area (Å²) in [5.41, 5.74) is 3.11. The zero-order valence-electron chi connectivity index (χ0n) is 25.9. The molecule has 11 heteroatoms. The Morgan fingerprint density at radius 2 is 1.76 bits per heavy atom. The fraction of sp³-hybridized carbons (Fsp3) is 0.353. The molecule has 0 aliphatic carbocycles. The van der Waals surface area contributed by atoms with Crippen molar-refractivity contribution in [2.24, 2.45) is 0 Å². The molecule has 0 atom stereocenters. The van der Waals surface area contributed by atoms with Gasteiger partial charge >= 0.3 is 12.0 Å². The quantitative estimate of drug-likeness (QED) is 0.174. The largest absolute Gasteiger partial charge is 0.493 e. The van der Waals surface area contributed by atoms with Gasteiger partial charge in [0.05, 0.1) is 30.5 Å². The number of ether oxygens (including phenoxy) is 2. The average molecular weight is 634 g/mol. The number of carboxylic acid groups (broad SMARTS) is 1. The van der Waals surface area contributed by atoms with Gasteiger partial charge in [0.2, 0.25) is 0 Å². The van der Waals surface area contributed by atoms with Crippen LogP contribution >= 0.6 is 0 Å². The maximum atomic E-state index is 13.9. The number of fused-ring (bicyclic) bond motifs is 1. The molecule has 1 aromatic heterocycles. The first kappa shape index (κ1) is 31.9. The lowest BCUT2D eigenvalue weighted by Crippen LogP contribution is -2.49. The molecule has 10 nitrogen and oxygen atoms in total. The van der Waals surface area contributed by atoms with E-state index in [1.807, 2.05) is 19.1 Å². The third-order valence-electron chi connectivity index (χ3n) is 7.99. The van der Waals surface area contributed by atoms with Crippen molar-refractivity contribution < 1.29 is 32.6 Å². The van der Waals surface area contributed by atoms with Crippen LogP contribution in [0.2, 0.25) is 0 Å². The maximum absolute atomic E-state index is 13.9. The van der Waals surface area contributed by atoms with E-state index in [9.17, 15) is 23.1 Å². The lowest BCUT2D eigenvalue weighted by molar-refractivity contribution is -0.136. The standard InChI is InChI=1S/C34H39N3O7S/c1-4-5-6-18-44-32-21-27(11-15-31(32)43-3)36-17-7-16-35(34(36)40)22-26-23-37(45(41,42)28-12-8-24(2)9-13-28)30-19-25(20-33(38)39)10-14-29(26)30/h8-15,19,21,23H,4-7,16-18,20,22H2,1-3H3,(H,38,39). The smallest absolute Gasteiger partial charge is 0.324 e. The van der Waals surface area contributed by atoms with E-state index in [4.69, 9.17) is 9.47 Å². The molecule has 0 spiro atoms. The van der Waals surface area contributed by atoms with Crippen molar-refractivity contribution >= 4 is 38.6 Å². The predicted octanol–water partition coefficient (Wildman–Crippen LogP) is 6.22. The second-order valence-electron chi connectivity index (χ2n) is 11.3. The molecule has 1 saturated heterocycles. The van der Waals surface area contributed by atoms with Gasteiger partial charge in [0.1, 0.15) is 0 Å². The van der Waals surface area contributed by atoms with Crippen LogP contribution in [0.4, 0.5) is 10.5 Å².